The number of anilines is 2. The molecule has 9 heteroatoms. The lowest BCUT2D eigenvalue weighted by molar-refractivity contribution is 0.312. The van der Waals surface area contributed by atoms with E-state index in [1.807, 2.05) is 24.3 Å². The first-order chi connectivity index (χ1) is 14.1. The molecule has 0 aliphatic carbocycles. The van der Waals surface area contributed by atoms with Crippen molar-refractivity contribution in [1.29, 1.82) is 0 Å². The summed E-state index contributed by atoms with van der Waals surface area (Å²) in [6, 6.07) is 7.74. The van der Waals surface area contributed by atoms with Gasteiger partial charge in [-0.25, -0.2) is 4.79 Å². The van der Waals surface area contributed by atoms with Crippen LogP contribution in [-0.2, 0) is 0 Å². The predicted molar refractivity (Wildman–Crippen MR) is 113 cm³/mol. The molecular formula is C20H27N7O2. The molecule has 2 aliphatic heterocycles. The van der Waals surface area contributed by atoms with Gasteiger partial charge < -0.3 is 26.4 Å². The summed E-state index contributed by atoms with van der Waals surface area (Å²) in [5, 5.41) is 3.17. The third kappa shape index (κ3) is 4.51. The number of benzene rings is 1. The average molecular weight is 397 g/mol. The maximum atomic E-state index is 12.6. The van der Waals surface area contributed by atoms with E-state index >= 15 is 0 Å². The molecule has 9 nitrogen and oxygen atoms in total. The van der Waals surface area contributed by atoms with Crippen LogP contribution in [0.5, 0.6) is 11.5 Å². The first-order valence-electron chi connectivity index (χ1n) is 10.0. The summed E-state index contributed by atoms with van der Waals surface area (Å²) in [4.78, 5) is 23.2. The van der Waals surface area contributed by atoms with Crippen molar-refractivity contribution >= 4 is 17.5 Å². The van der Waals surface area contributed by atoms with Gasteiger partial charge in [-0.05, 0) is 37.9 Å². The first-order valence-corrected chi connectivity index (χ1v) is 10.0. The Morgan fingerprint density at radius 2 is 2.10 bits per heavy atom. The van der Waals surface area contributed by atoms with Gasteiger partial charge in [0.2, 0.25) is 0 Å². The molecule has 0 amide bonds. The molecular weight excluding hydrogens is 370 g/mol. The summed E-state index contributed by atoms with van der Waals surface area (Å²) in [6.45, 7) is 3.51. The number of rotatable bonds is 7. The molecule has 1 fully saturated rings. The molecule has 0 bridgehead atoms. The first kappa shape index (κ1) is 19.3. The molecule has 3 heterocycles. The monoisotopic (exact) mass is 397 g/mol. The fourth-order valence-electron chi connectivity index (χ4n) is 3.86. The van der Waals surface area contributed by atoms with Crippen molar-refractivity contribution in [2.45, 2.75) is 31.7 Å². The molecule has 1 saturated heterocycles. The minimum atomic E-state index is -0.247. The molecule has 0 radical (unpaired) electrons. The number of ether oxygens (including phenoxy) is 1. The number of aromatic nitrogens is 2. The van der Waals surface area contributed by atoms with E-state index in [0.717, 1.165) is 56.8 Å². The Bertz CT molecular complexity index is 952. The van der Waals surface area contributed by atoms with Crippen molar-refractivity contribution < 1.29 is 4.74 Å². The van der Waals surface area contributed by atoms with E-state index in [4.69, 9.17) is 16.2 Å². The Hall–Kier alpha value is -3.07. The predicted octanol–water partition coefficient (Wildman–Crippen LogP) is 1.78. The molecule has 1 atom stereocenters. The summed E-state index contributed by atoms with van der Waals surface area (Å²) >= 11 is 0. The third-order valence-corrected chi connectivity index (χ3v) is 5.35. The van der Waals surface area contributed by atoms with Crippen molar-refractivity contribution in [2.24, 2.45) is 16.5 Å². The number of hydrogen-bond acceptors (Lipinski definition) is 6. The van der Waals surface area contributed by atoms with Crippen LogP contribution in [0.2, 0.25) is 0 Å². The highest BCUT2D eigenvalue weighted by molar-refractivity contribution is 5.75. The smallest absolute Gasteiger partial charge is 0.350 e. The van der Waals surface area contributed by atoms with Crippen molar-refractivity contribution in [2.75, 3.05) is 31.5 Å². The molecule has 0 saturated carbocycles. The van der Waals surface area contributed by atoms with Crippen LogP contribution in [0.25, 0.3) is 0 Å². The minimum absolute atomic E-state index is 0.114. The number of unbranched alkanes of at least 4 members (excludes halogenated alkanes) is 2. The highest BCUT2D eigenvalue weighted by atomic mass is 16.5. The number of guanidine groups is 1. The molecule has 1 unspecified atom stereocenters. The van der Waals surface area contributed by atoms with Crippen LogP contribution < -0.4 is 27.2 Å². The van der Waals surface area contributed by atoms with Crippen LogP contribution in [0.15, 0.2) is 40.2 Å². The topological polar surface area (TPSA) is 124 Å². The zero-order chi connectivity index (χ0) is 20.2. The van der Waals surface area contributed by atoms with Crippen molar-refractivity contribution in [1.82, 2.24) is 14.5 Å². The molecule has 5 N–H and O–H groups in total. The van der Waals surface area contributed by atoms with E-state index in [2.05, 4.69) is 20.2 Å². The minimum Gasteiger partial charge on any atom is -0.450 e. The number of para-hydroxylation sites is 2. The van der Waals surface area contributed by atoms with Gasteiger partial charge in [-0.2, -0.15) is 4.98 Å². The zero-order valence-electron chi connectivity index (χ0n) is 16.4. The number of aliphatic imine (C=N–C) groups is 1. The normalized spacial score (nSPS) is 17.7. The number of likely N-dealkylation sites (tertiary alicyclic amines) is 1. The van der Waals surface area contributed by atoms with E-state index in [0.29, 0.717) is 18.1 Å². The standard InChI is InChI=1S/C20H27N7O2/c21-19(22)23-9-4-1-5-10-26-11-8-14(12-26)27-13-17-18(25-20(27)28)24-15-6-2-3-7-16(15)29-17/h2-3,6-7,13-14H,1,4-5,8-12H2,(H4,21,22,23)(H,24,25,28). The van der Waals surface area contributed by atoms with Gasteiger partial charge in [-0.3, -0.25) is 9.56 Å². The molecule has 4 rings (SSSR count). The Labute approximate surface area is 169 Å². The zero-order valence-corrected chi connectivity index (χ0v) is 16.4. The van der Waals surface area contributed by atoms with Gasteiger partial charge in [0.1, 0.15) is 0 Å². The quantitative estimate of drug-likeness (QED) is 0.315. The summed E-state index contributed by atoms with van der Waals surface area (Å²) in [6.07, 6.45) is 5.87. The van der Waals surface area contributed by atoms with E-state index in [9.17, 15) is 4.79 Å². The fourth-order valence-corrected chi connectivity index (χ4v) is 3.86. The molecule has 1 aromatic heterocycles. The number of hydrogen-bond donors (Lipinski definition) is 3. The number of nitrogens with one attached hydrogen (secondary N) is 1. The molecule has 29 heavy (non-hydrogen) atoms. The Morgan fingerprint density at radius 1 is 1.24 bits per heavy atom. The van der Waals surface area contributed by atoms with Gasteiger partial charge in [0, 0.05) is 19.6 Å². The van der Waals surface area contributed by atoms with Crippen molar-refractivity contribution in [3.8, 4) is 11.5 Å². The number of nitrogens with zero attached hydrogens (tertiary/aromatic N) is 4. The lowest BCUT2D eigenvalue weighted by Crippen LogP contribution is -2.30. The van der Waals surface area contributed by atoms with Gasteiger partial charge >= 0.3 is 5.69 Å². The van der Waals surface area contributed by atoms with Crippen molar-refractivity contribution in [3.05, 3.63) is 40.9 Å². The maximum Gasteiger partial charge on any atom is 0.350 e. The summed E-state index contributed by atoms with van der Waals surface area (Å²) in [5.41, 5.74) is 11.2. The van der Waals surface area contributed by atoms with Crippen LogP contribution in [0.3, 0.4) is 0 Å². The van der Waals surface area contributed by atoms with Crippen molar-refractivity contribution in [3.63, 3.8) is 0 Å². The van der Waals surface area contributed by atoms with Gasteiger partial charge in [-0.15, -0.1) is 0 Å². The van der Waals surface area contributed by atoms with E-state index in [1.54, 1.807) is 10.8 Å². The SMILES string of the molecule is NC(N)=NCCCCCN1CCC(n2cc3c(nc2=O)Nc2ccccc2O3)C1. The lowest BCUT2D eigenvalue weighted by Gasteiger charge is -2.23. The molecule has 2 aliphatic rings. The molecule has 0 spiro atoms. The van der Waals surface area contributed by atoms with Crippen LogP contribution in [-0.4, -0.2) is 46.6 Å². The second-order valence-electron chi connectivity index (χ2n) is 7.48. The van der Waals surface area contributed by atoms with Crippen LogP contribution >= 0.6 is 0 Å². The average Bonchev–Trinajstić information content (AvgIpc) is 3.17. The Balaban J connectivity index is 1.34. The maximum absolute atomic E-state index is 12.6. The second-order valence-corrected chi connectivity index (χ2v) is 7.48. The van der Waals surface area contributed by atoms with Crippen LogP contribution in [0.1, 0.15) is 31.7 Å². The van der Waals surface area contributed by atoms with E-state index < -0.39 is 0 Å². The number of nitrogens with two attached hydrogens (primary N) is 2. The fraction of sp³-hybridized carbons (Fsp3) is 0.450. The highest BCUT2D eigenvalue weighted by Crippen LogP contribution is 2.40. The Morgan fingerprint density at radius 3 is 2.97 bits per heavy atom. The third-order valence-electron chi connectivity index (χ3n) is 5.35. The molecule has 154 valence electrons. The van der Waals surface area contributed by atoms with Gasteiger partial charge in [-0.1, -0.05) is 18.6 Å². The van der Waals surface area contributed by atoms with Crippen LogP contribution in [0.4, 0.5) is 11.5 Å². The summed E-state index contributed by atoms with van der Waals surface area (Å²) in [5.74, 6) is 1.95. The van der Waals surface area contributed by atoms with Gasteiger partial charge in [0.25, 0.3) is 0 Å². The summed E-state index contributed by atoms with van der Waals surface area (Å²) < 4.78 is 7.67. The largest absolute Gasteiger partial charge is 0.450 e. The van der Waals surface area contributed by atoms with Crippen LogP contribution in [0, 0.1) is 0 Å². The second kappa shape index (κ2) is 8.52. The lowest BCUT2D eigenvalue weighted by atomic mass is 10.2. The molecule has 2 aromatic rings. The van der Waals surface area contributed by atoms with Gasteiger partial charge in [0.15, 0.2) is 23.3 Å². The van der Waals surface area contributed by atoms with Gasteiger partial charge in [0.05, 0.1) is 17.9 Å². The van der Waals surface area contributed by atoms with E-state index in [1.165, 1.54) is 0 Å². The Kier molecular flexibility index (Phi) is 5.66. The summed E-state index contributed by atoms with van der Waals surface area (Å²) in [7, 11) is 0. The van der Waals surface area contributed by atoms with E-state index in [-0.39, 0.29) is 17.7 Å². The number of fused-ring (bicyclic) bond motifs is 2. The highest BCUT2D eigenvalue weighted by Gasteiger charge is 2.27. The molecule has 1 aromatic carbocycles.